The van der Waals surface area contributed by atoms with Crippen molar-refractivity contribution < 1.29 is 4.52 Å². The van der Waals surface area contributed by atoms with Gasteiger partial charge in [-0.3, -0.25) is 0 Å². The minimum atomic E-state index is 0.315. The molecule has 0 unspecified atom stereocenters. The molecule has 3 rings (SSSR count). The molecule has 0 amide bonds. The van der Waals surface area contributed by atoms with Gasteiger partial charge in [-0.05, 0) is 29.8 Å². The molecular weight excluding hydrogens is 309 g/mol. The molecule has 1 aromatic heterocycles. The monoisotopic (exact) mass is 319 g/mol. The van der Waals surface area contributed by atoms with Crippen molar-refractivity contribution >= 4 is 28.9 Å². The van der Waals surface area contributed by atoms with Crippen molar-refractivity contribution in [3.63, 3.8) is 0 Å². The maximum atomic E-state index is 6.13. The van der Waals surface area contributed by atoms with E-state index in [2.05, 4.69) is 10.1 Å². The Hall–Kier alpha value is -2.04. The molecule has 4 nitrogen and oxygen atoms in total. The number of hydrogen-bond acceptors (Lipinski definition) is 4. The molecule has 2 N–H and O–H groups in total. The van der Waals surface area contributed by atoms with Gasteiger partial charge in [0.05, 0.1) is 10.6 Å². The molecule has 0 aliphatic heterocycles. The molecule has 3 aromatic rings. The average molecular weight is 320 g/mol. The van der Waals surface area contributed by atoms with Gasteiger partial charge in [0.2, 0.25) is 0 Å². The molecule has 106 valence electrons. The number of nitrogens with zero attached hydrogens (tertiary/aromatic N) is 2. The standard InChI is InChI=1S/C15H11Cl2N3O/c16-10-4-1-3-9(7-10)8-13-19-15(21-20-13)14-11(17)5-2-6-12(14)18/h1-7H,8,18H2. The lowest BCUT2D eigenvalue weighted by Gasteiger charge is -2.01. The number of nitrogen functional groups attached to an aromatic ring is 1. The predicted molar refractivity (Wildman–Crippen MR) is 83.4 cm³/mol. The molecule has 0 spiro atoms. The van der Waals surface area contributed by atoms with Crippen LogP contribution >= 0.6 is 23.2 Å². The summed E-state index contributed by atoms with van der Waals surface area (Å²) in [6.07, 6.45) is 0.522. The first-order valence-electron chi connectivity index (χ1n) is 6.25. The van der Waals surface area contributed by atoms with Crippen molar-refractivity contribution in [2.45, 2.75) is 6.42 Å². The highest BCUT2D eigenvalue weighted by Gasteiger charge is 2.15. The molecule has 1 heterocycles. The van der Waals surface area contributed by atoms with Crippen LogP contribution in [-0.2, 0) is 6.42 Å². The Morgan fingerprint density at radius 1 is 1.10 bits per heavy atom. The van der Waals surface area contributed by atoms with Crippen molar-refractivity contribution in [2.24, 2.45) is 0 Å². The van der Waals surface area contributed by atoms with Gasteiger partial charge >= 0.3 is 0 Å². The summed E-state index contributed by atoms with van der Waals surface area (Å²) >= 11 is 12.1. The number of rotatable bonds is 3. The Labute approximate surface area is 131 Å². The maximum Gasteiger partial charge on any atom is 0.261 e. The van der Waals surface area contributed by atoms with Gasteiger partial charge in [0, 0.05) is 17.1 Å². The molecule has 0 saturated carbocycles. The van der Waals surface area contributed by atoms with E-state index >= 15 is 0 Å². The topological polar surface area (TPSA) is 64.9 Å². The second kappa shape index (κ2) is 5.76. The zero-order valence-corrected chi connectivity index (χ0v) is 12.4. The SMILES string of the molecule is Nc1cccc(Cl)c1-c1nc(Cc2cccc(Cl)c2)no1. The first kappa shape index (κ1) is 13.9. The zero-order valence-electron chi connectivity index (χ0n) is 10.9. The van der Waals surface area contributed by atoms with E-state index in [1.54, 1.807) is 18.2 Å². The number of halogens is 2. The molecule has 0 bridgehead atoms. The van der Waals surface area contributed by atoms with E-state index in [1.807, 2.05) is 24.3 Å². The summed E-state index contributed by atoms with van der Waals surface area (Å²) < 4.78 is 5.26. The fourth-order valence-corrected chi connectivity index (χ4v) is 2.50. The normalized spacial score (nSPS) is 10.8. The Kier molecular flexibility index (Phi) is 3.82. The highest BCUT2D eigenvalue weighted by atomic mass is 35.5. The van der Waals surface area contributed by atoms with E-state index in [0.717, 1.165) is 5.56 Å². The second-order valence-corrected chi connectivity index (χ2v) is 5.37. The van der Waals surface area contributed by atoms with E-state index < -0.39 is 0 Å². The van der Waals surface area contributed by atoms with E-state index in [-0.39, 0.29) is 0 Å². The molecule has 21 heavy (non-hydrogen) atoms. The zero-order chi connectivity index (χ0) is 14.8. The Balaban J connectivity index is 1.90. The summed E-state index contributed by atoms with van der Waals surface area (Å²) in [4.78, 5) is 4.34. The molecule has 0 aliphatic rings. The van der Waals surface area contributed by atoms with Gasteiger partial charge in [-0.25, -0.2) is 0 Å². The van der Waals surface area contributed by atoms with E-state index in [4.69, 9.17) is 33.5 Å². The van der Waals surface area contributed by atoms with Crippen LogP contribution in [0.4, 0.5) is 5.69 Å². The van der Waals surface area contributed by atoms with Crippen LogP contribution in [-0.4, -0.2) is 10.1 Å². The Morgan fingerprint density at radius 3 is 2.67 bits per heavy atom. The third kappa shape index (κ3) is 3.01. The third-order valence-corrected chi connectivity index (χ3v) is 3.53. The fourth-order valence-electron chi connectivity index (χ4n) is 2.02. The molecule has 0 fully saturated rings. The predicted octanol–water partition coefficient (Wildman–Crippen LogP) is 4.22. The number of benzene rings is 2. The van der Waals surface area contributed by atoms with Gasteiger partial charge in [-0.2, -0.15) is 4.98 Å². The number of nitrogens with two attached hydrogens (primary N) is 1. The molecule has 6 heteroatoms. The van der Waals surface area contributed by atoms with Gasteiger partial charge < -0.3 is 10.3 Å². The molecule has 2 aromatic carbocycles. The molecule has 0 aliphatic carbocycles. The fraction of sp³-hybridized carbons (Fsp3) is 0.0667. The molecule has 0 radical (unpaired) electrons. The summed E-state index contributed by atoms with van der Waals surface area (Å²) in [5, 5.41) is 5.11. The largest absolute Gasteiger partial charge is 0.398 e. The van der Waals surface area contributed by atoms with Gasteiger partial charge in [0.15, 0.2) is 5.82 Å². The summed E-state index contributed by atoms with van der Waals surface area (Å²) in [6, 6.07) is 12.7. The van der Waals surface area contributed by atoms with Crippen molar-refractivity contribution in [1.29, 1.82) is 0 Å². The Morgan fingerprint density at radius 2 is 1.90 bits per heavy atom. The van der Waals surface area contributed by atoms with Crippen LogP contribution < -0.4 is 5.73 Å². The van der Waals surface area contributed by atoms with E-state index in [1.165, 1.54) is 0 Å². The smallest absolute Gasteiger partial charge is 0.261 e. The van der Waals surface area contributed by atoms with Crippen LogP contribution in [0.15, 0.2) is 47.0 Å². The number of anilines is 1. The minimum absolute atomic E-state index is 0.315. The van der Waals surface area contributed by atoms with E-state index in [0.29, 0.717) is 39.4 Å². The number of aromatic nitrogens is 2. The quantitative estimate of drug-likeness (QED) is 0.734. The highest BCUT2D eigenvalue weighted by molar-refractivity contribution is 6.33. The van der Waals surface area contributed by atoms with Crippen LogP contribution in [0.2, 0.25) is 10.0 Å². The van der Waals surface area contributed by atoms with E-state index in [9.17, 15) is 0 Å². The third-order valence-electron chi connectivity index (χ3n) is 2.98. The lowest BCUT2D eigenvalue weighted by atomic mass is 10.1. The van der Waals surface area contributed by atoms with Crippen molar-refractivity contribution in [3.8, 4) is 11.5 Å². The van der Waals surface area contributed by atoms with Crippen LogP contribution in [0.3, 0.4) is 0 Å². The van der Waals surface area contributed by atoms with Crippen molar-refractivity contribution in [1.82, 2.24) is 10.1 Å². The summed E-state index contributed by atoms with van der Waals surface area (Å²) in [5.41, 5.74) is 7.97. The second-order valence-electron chi connectivity index (χ2n) is 4.53. The van der Waals surface area contributed by atoms with Gasteiger partial charge in [0.1, 0.15) is 0 Å². The maximum absolute atomic E-state index is 6.13. The van der Waals surface area contributed by atoms with Gasteiger partial charge in [-0.15, -0.1) is 0 Å². The summed E-state index contributed by atoms with van der Waals surface area (Å²) in [5.74, 6) is 0.863. The first-order chi connectivity index (χ1) is 10.1. The Bertz CT molecular complexity index is 766. The van der Waals surface area contributed by atoms with Crippen LogP contribution in [0, 0.1) is 0 Å². The molecule has 0 saturated heterocycles. The lowest BCUT2D eigenvalue weighted by Crippen LogP contribution is -1.93. The van der Waals surface area contributed by atoms with Gasteiger partial charge in [-0.1, -0.05) is 46.6 Å². The summed E-state index contributed by atoms with van der Waals surface area (Å²) in [6.45, 7) is 0. The highest BCUT2D eigenvalue weighted by Crippen LogP contribution is 2.32. The van der Waals surface area contributed by atoms with Crippen molar-refractivity contribution in [2.75, 3.05) is 5.73 Å². The minimum Gasteiger partial charge on any atom is -0.398 e. The summed E-state index contributed by atoms with van der Waals surface area (Å²) in [7, 11) is 0. The van der Waals surface area contributed by atoms with Crippen LogP contribution in [0.25, 0.3) is 11.5 Å². The van der Waals surface area contributed by atoms with Crippen molar-refractivity contribution in [3.05, 3.63) is 63.9 Å². The molecular formula is C15H11Cl2N3O. The van der Waals surface area contributed by atoms with Gasteiger partial charge in [0.25, 0.3) is 5.89 Å². The number of hydrogen-bond donors (Lipinski definition) is 1. The van der Waals surface area contributed by atoms with Crippen LogP contribution in [0.1, 0.15) is 11.4 Å². The van der Waals surface area contributed by atoms with Crippen LogP contribution in [0.5, 0.6) is 0 Å². The first-order valence-corrected chi connectivity index (χ1v) is 7.00. The average Bonchev–Trinajstić information content (AvgIpc) is 2.87. The molecule has 0 atom stereocenters. The lowest BCUT2D eigenvalue weighted by molar-refractivity contribution is 0.424.